The van der Waals surface area contributed by atoms with Crippen LogP contribution in [0.1, 0.15) is 87.4 Å². The van der Waals surface area contributed by atoms with Crippen molar-refractivity contribution in [2.75, 3.05) is 43.8 Å². The lowest BCUT2D eigenvalue weighted by Crippen LogP contribution is -2.41. The Balaban J connectivity index is 0.000000567. The molecule has 34 heteroatoms. The van der Waals surface area contributed by atoms with Crippen LogP contribution < -0.4 is 9.62 Å². The van der Waals surface area contributed by atoms with Gasteiger partial charge in [0.15, 0.2) is 18.3 Å². The van der Waals surface area contributed by atoms with E-state index >= 15 is 0 Å². The van der Waals surface area contributed by atoms with Crippen molar-refractivity contribution in [3.05, 3.63) is 93.0 Å². The number of ether oxygens (including phenoxy) is 1. The van der Waals surface area contributed by atoms with Gasteiger partial charge < -0.3 is 29.8 Å². The summed E-state index contributed by atoms with van der Waals surface area (Å²) in [6.07, 6.45) is -8.33. The quantitative estimate of drug-likeness (QED) is 0.0187. The predicted molar refractivity (Wildman–Crippen MR) is 284 cm³/mol. The van der Waals surface area contributed by atoms with E-state index in [-0.39, 0.29) is 88.6 Å². The Morgan fingerprint density at radius 2 is 1.60 bits per heavy atom. The standard InChI is InChI=1S/C36H34ClF5N6O7S2.C9H9F5N2.C2H7O5P.C2H6/c1-35(2,56(3)54)11-9-24-5-6-25(32(44-24)28(43-19-49)15-21-13-22(38)16-23(39)14-21)26-7-8-27(37)31-33(26)47(18-36(40,41)42)45-34(31)48(57(4)55)29(51)17-46(20-50)12-10-30(52)53;1-2-16-7-5(3-4-8(7,10)11)6(15-16)9(12,13)14;1-6-2-7-8(3,4)5;1-2/h5-8,13-14,16,19-20,28H,10,12,15,17-18H2,1-4H3,(H,43,49)(H,52,53);2-4H2,1H3;2H2,1H3,(H2,3,4,5);1-2H3. The van der Waals surface area contributed by atoms with Crippen LogP contribution in [0.25, 0.3) is 22.0 Å². The number of rotatable bonds is 20. The number of nitrogens with zero attached hydrogens (tertiary/aromatic N) is 7. The van der Waals surface area contributed by atoms with E-state index in [1.807, 2.05) is 13.8 Å². The van der Waals surface area contributed by atoms with E-state index in [4.69, 9.17) is 26.5 Å². The summed E-state index contributed by atoms with van der Waals surface area (Å²) in [5.74, 6) is -2.36. The van der Waals surface area contributed by atoms with E-state index in [1.54, 1.807) is 13.8 Å². The third-order valence-electron chi connectivity index (χ3n) is 11.3. The van der Waals surface area contributed by atoms with Crippen LogP contribution in [0, 0.1) is 23.5 Å². The van der Waals surface area contributed by atoms with Gasteiger partial charge in [-0.25, -0.2) is 26.8 Å². The van der Waals surface area contributed by atoms with Crippen LogP contribution in [0.5, 0.6) is 0 Å². The maximum absolute atomic E-state index is 14.3. The number of anilines is 1. The highest BCUT2D eigenvalue weighted by Crippen LogP contribution is 2.47. The summed E-state index contributed by atoms with van der Waals surface area (Å²) in [5, 5.41) is 18.3. The normalized spacial score (nSPS) is 13.9. The number of fused-ring (bicyclic) bond motifs is 2. The number of aromatic nitrogens is 5. The second-order valence-corrected chi connectivity index (χ2v) is 22.4. The average Bonchev–Trinajstić information content (AvgIpc) is 2.01. The highest BCUT2D eigenvalue weighted by molar-refractivity contribution is 7.86. The molecule has 5 aromatic rings. The molecule has 458 valence electrons. The van der Waals surface area contributed by atoms with Crippen molar-refractivity contribution in [1.82, 2.24) is 34.8 Å². The first kappa shape index (κ1) is 70.9. The van der Waals surface area contributed by atoms with E-state index < -0.39 is 132 Å². The Labute approximate surface area is 478 Å². The molecule has 6 rings (SSSR count). The molecule has 0 bridgehead atoms. The minimum atomic E-state index is -4.93. The fourth-order valence-electron chi connectivity index (χ4n) is 7.66. The molecule has 4 N–H and O–H groups in total. The molecule has 20 nitrogen and oxygen atoms in total. The number of alkyl halides is 8. The Bertz CT molecular complexity index is 3280. The summed E-state index contributed by atoms with van der Waals surface area (Å²) in [4.78, 5) is 69.6. The van der Waals surface area contributed by atoms with Crippen molar-refractivity contribution in [3.8, 4) is 23.0 Å². The lowest BCUT2D eigenvalue weighted by molar-refractivity contribution is -0.142. The van der Waals surface area contributed by atoms with Crippen molar-refractivity contribution in [2.24, 2.45) is 0 Å². The molecule has 3 aromatic heterocycles. The molecule has 2 aromatic carbocycles. The van der Waals surface area contributed by atoms with Crippen LogP contribution in [0.3, 0.4) is 0 Å². The van der Waals surface area contributed by atoms with Crippen molar-refractivity contribution < 1.29 is 100 Å². The number of carboxylic acid groups (broad SMARTS) is 1. The highest BCUT2D eigenvalue weighted by Gasteiger charge is 2.50. The molecule has 3 heterocycles. The van der Waals surface area contributed by atoms with Crippen molar-refractivity contribution in [1.29, 1.82) is 0 Å². The SMILES string of the molecule is CC.CCn1nc(C(F)(F)F)c2c1C(F)(F)CC2.COCOP(=O)(O)O.CS(=O)N(C(=O)CN(C=O)CCC(=O)O)c1nn(CC(F)(F)F)c2c(-c3ccc(C#CC(C)(C)S(C)=O)nc3C(Cc3cc(F)cc(F)c3)NC=O)ccc(Cl)c12. The molecule has 83 heavy (non-hydrogen) atoms. The van der Waals surface area contributed by atoms with Gasteiger partial charge in [-0.05, 0) is 75.4 Å². The number of amides is 3. The topological polar surface area (TPSA) is 266 Å². The molecule has 3 atom stereocenters. The summed E-state index contributed by atoms with van der Waals surface area (Å²) in [5.41, 5.74) is -2.36. The maximum Gasteiger partial charge on any atom is 0.471 e. The molecule has 0 saturated heterocycles. The largest absolute Gasteiger partial charge is 0.481 e. The minimum absolute atomic E-state index is 0.00794. The monoisotopic (exact) mass is 1270 g/mol. The molecule has 0 spiro atoms. The summed E-state index contributed by atoms with van der Waals surface area (Å²) >= 11 is 6.61. The number of carbonyl (C=O) groups is 4. The fraction of sp³-hybridized carbons (Fsp3) is 0.449. The lowest BCUT2D eigenvalue weighted by Gasteiger charge is -2.22. The number of nitrogens with one attached hydrogen (secondary N) is 1. The number of carboxylic acids is 1. The summed E-state index contributed by atoms with van der Waals surface area (Å²) in [6.45, 7) is 5.33. The number of halogens is 11. The third-order valence-corrected chi connectivity index (χ3v) is 14.5. The molecule has 3 amide bonds. The first-order valence-corrected chi connectivity index (χ1v) is 29.1. The second-order valence-electron chi connectivity index (χ2n) is 17.6. The highest BCUT2D eigenvalue weighted by atomic mass is 35.5. The number of aliphatic carboxylic acids is 1. The number of hydrogen-bond acceptors (Lipinski definition) is 12. The van der Waals surface area contributed by atoms with Gasteiger partial charge in [-0.15, -0.1) is 0 Å². The van der Waals surface area contributed by atoms with Gasteiger partial charge in [0, 0.05) is 72.7 Å². The first-order chi connectivity index (χ1) is 38.5. The number of carbonyl (C=O) groups excluding carboxylic acids is 3. The lowest BCUT2D eigenvalue weighted by atomic mass is 9.94. The van der Waals surface area contributed by atoms with Gasteiger partial charge in [0.1, 0.15) is 51.8 Å². The molecule has 0 saturated carbocycles. The summed E-state index contributed by atoms with van der Waals surface area (Å²) in [6, 6.07) is 6.83. The fourth-order valence-corrected chi connectivity index (χ4v) is 9.05. The predicted octanol–water partition coefficient (Wildman–Crippen LogP) is 8.38. The number of phosphoric ester groups is 1. The molecule has 3 unspecified atom stereocenters. The molecule has 0 radical (unpaired) electrons. The maximum atomic E-state index is 14.3. The molecular formula is C49H56ClF10N8O12PS2. The van der Waals surface area contributed by atoms with Crippen LogP contribution >= 0.6 is 19.4 Å². The zero-order chi connectivity index (χ0) is 63.2. The second kappa shape index (κ2) is 30.0. The van der Waals surface area contributed by atoms with Crippen LogP contribution in [-0.4, -0.2) is 128 Å². The van der Waals surface area contributed by atoms with Gasteiger partial charge in [-0.2, -0.15) is 45.3 Å². The summed E-state index contributed by atoms with van der Waals surface area (Å²) in [7, 11) is -6.80. The Morgan fingerprint density at radius 3 is 2.10 bits per heavy atom. The van der Waals surface area contributed by atoms with Gasteiger partial charge in [-0.1, -0.05) is 37.4 Å². The molecule has 1 aliphatic carbocycles. The smallest absolute Gasteiger partial charge is 0.471 e. The Morgan fingerprint density at radius 1 is 0.988 bits per heavy atom. The number of methoxy groups -OCH3 is 1. The van der Waals surface area contributed by atoms with Crippen molar-refractivity contribution in [3.63, 3.8) is 0 Å². The van der Waals surface area contributed by atoms with Gasteiger partial charge in [0.25, 0.3) is 11.8 Å². The van der Waals surface area contributed by atoms with Crippen LogP contribution in [0.4, 0.5) is 49.7 Å². The van der Waals surface area contributed by atoms with E-state index in [1.165, 1.54) is 44.6 Å². The number of benzene rings is 2. The molecular weight excluding hydrogens is 1210 g/mol. The minimum Gasteiger partial charge on any atom is -0.481 e. The first-order valence-electron chi connectivity index (χ1n) is 24.1. The van der Waals surface area contributed by atoms with E-state index in [9.17, 15) is 76.1 Å². The van der Waals surface area contributed by atoms with Crippen molar-refractivity contribution >= 4 is 82.6 Å². The van der Waals surface area contributed by atoms with Crippen molar-refractivity contribution in [2.45, 2.75) is 102 Å². The van der Waals surface area contributed by atoms with E-state index in [0.29, 0.717) is 15.1 Å². The summed E-state index contributed by atoms with van der Waals surface area (Å²) < 4.78 is 179. The van der Waals surface area contributed by atoms with Gasteiger partial charge in [-0.3, -0.25) is 37.3 Å². The average molecular weight is 1270 g/mol. The zero-order valence-corrected chi connectivity index (χ0v) is 48.5. The van der Waals surface area contributed by atoms with Gasteiger partial charge >= 0.3 is 26.1 Å². The Kier molecular flexibility index (Phi) is 25.6. The van der Waals surface area contributed by atoms with E-state index in [2.05, 4.69) is 41.6 Å². The van der Waals surface area contributed by atoms with Crippen LogP contribution in [0.15, 0.2) is 42.5 Å². The number of phosphoric acid groups is 1. The zero-order valence-electron chi connectivity index (χ0n) is 45.2. The van der Waals surface area contributed by atoms with Gasteiger partial charge in [0.2, 0.25) is 12.8 Å². The van der Waals surface area contributed by atoms with E-state index in [0.717, 1.165) is 28.0 Å². The Hall–Kier alpha value is -6.33. The third kappa shape index (κ3) is 19.9. The molecule has 0 aliphatic heterocycles. The number of aryl methyl sites for hydroxylation is 1. The number of hydrogen-bond donors (Lipinski definition) is 4. The number of pyridine rings is 1. The van der Waals surface area contributed by atoms with Crippen LogP contribution in [-0.2, 0) is 92.8 Å². The van der Waals surface area contributed by atoms with Crippen LogP contribution in [0.2, 0.25) is 5.02 Å². The molecule has 0 fully saturated rings. The van der Waals surface area contributed by atoms with Gasteiger partial charge in [0.05, 0.1) is 34.1 Å². The molecule has 1 aliphatic rings.